The zero-order chi connectivity index (χ0) is 10.6. The van der Waals surface area contributed by atoms with Crippen LogP contribution in [0.5, 0.6) is 0 Å². The van der Waals surface area contributed by atoms with E-state index >= 15 is 0 Å². The Morgan fingerprint density at radius 2 is 2.27 bits per heavy atom. The Morgan fingerprint density at radius 3 is 3.07 bits per heavy atom. The molecule has 3 rings (SSSR count). The van der Waals surface area contributed by atoms with Crippen LogP contribution in [-0.4, -0.2) is 16.1 Å². The molecule has 1 aliphatic rings. The summed E-state index contributed by atoms with van der Waals surface area (Å²) in [4.78, 5) is 4.36. The van der Waals surface area contributed by atoms with E-state index in [1.54, 1.807) is 0 Å². The highest BCUT2D eigenvalue weighted by atomic mass is 16.3. The minimum absolute atomic E-state index is 0.495. The number of aryl methyl sites for hydroxylation is 2. The van der Waals surface area contributed by atoms with E-state index in [2.05, 4.69) is 10.3 Å². The summed E-state index contributed by atoms with van der Waals surface area (Å²) in [7, 11) is 0. The van der Waals surface area contributed by atoms with Gasteiger partial charge in [0, 0.05) is 18.7 Å². The Balaban J connectivity index is 2.52. The first-order chi connectivity index (χ1) is 7.18. The average molecular weight is 204 g/mol. The quantitative estimate of drug-likeness (QED) is 0.676. The summed E-state index contributed by atoms with van der Waals surface area (Å²) < 4.78 is 7.40. The highest BCUT2D eigenvalue weighted by Gasteiger charge is 2.18. The van der Waals surface area contributed by atoms with Crippen LogP contribution in [0.2, 0.25) is 0 Å². The predicted octanol–water partition coefficient (Wildman–Crippen LogP) is 1.15. The molecule has 2 aromatic heterocycles. The summed E-state index contributed by atoms with van der Waals surface area (Å²) in [5.74, 6) is 1.58. The smallest absolute Gasteiger partial charge is 0.233 e. The van der Waals surface area contributed by atoms with Crippen LogP contribution in [0.4, 0.5) is 5.95 Å². The van der Waals surface area contributed by atoms with Crippen LogP contribution < -0.4 is 10.8 Å². The van der Waals surface area contributed by atoms with Crippen LogP contribution in [0.25, 0.3) is 11.1 Å². The first-order valence-electron chi connectivity index (χ1n) is 4.97. The lowest BCUT2D eigenvalue weighted by Crippen LogP contribution is -2.19. The highest BCUT2D eigenvalue weighted by molar-refractivity contribution is 5.78. The van der Waals surface area contributed by atoms with Gasteiger partial charge in [-0.15, -0.1) is 0 Å². The third-order valence-electron chi connectivity index (χ3n) is 2.96. The largest absolute Gasteiger partial charge is 0.443 e. The fourth-order valence-corrected chi connectivity index (χ4v) is 2.00. The van der Waals surface area contributed by atoms with E-state index in [1.807, 2.05) is 18.4 Å². The molecule has 0 saturated carbocycles. The number of aromatic nitrogens is 2. The van der Waals surface area contributed by atoms with Gasteiger partial charge in [-0.2, -0.15) is 4.98 Å². The second-order valence-electron chi connectivity index (χ2n) is 3.83. The summed E-state index contributed by atoms with van der Waals surface area (Å²) in [6, 6.07) is 0. The van der Waals surface area contributed by atoms with Crippen LogP contribution in [0.3, 0.4) is 0 Å². The Kier molecular flexibility index (Phi) is 1.49. The Morgan fingerprint density at radius 1 is 1.47 bits per heavy atom. The molecule has 0 aromatic carbocycles. The van der Waals surface area contributed by atoms with Crippen molar-refractivity contribution in [2.75, 3.05) is 11.9 Å². The highest BCUT2D eigenvalue weighted by Crippen LogP contribution is 2.22. The van der Waals surface area contributed by atoms with Crippen molar-refractivity contribution in [2.24, 2.45) is 0 Å². The Bertz CT molecular complexity index is 608. The first-order valence-corrected chi connectivity index (χ1v) is 4.97. The second kappa shape index (κ2) is 2.62. The van der Waals surface area contributed by atoms with Crippen LogP contribution in [0, 0.1) is 19.3 Å². The molecule has 15 heavy (non-hydrogen) atoms. The van der Waals surface area contributed by atoms with Gasteiger partial charge >= 0.3 is 0 Å². The summed E-state index contributed by atoms with van der Waals surface area (Å²) in [5, 5.41) is 12.1. The molecule has 0 spiro atoms. The third kappa shape index (κ3) is 0.973. The van der Waals surface area contributed by atoms with E-state index in [1.165, 1.54) is 0 Å². The maximum absolute atomic E-state index is 8.10. The van der Waals surface area contributed by atoms with Gasteiger partial charge in [0.25, 0.3) is 0 Å². The Labute approximate surface area is 86.2 Å². The van der Waals surface area contributed by atoms with Gasteiger partial charge in [0.2, 0.25) is 11.7 Å². The standard InChI is InChI=1S/C10H12N4O/c1-5-6(2)15-9-7(5)8(11)14-4-3-12-10(14)13-9/h11H,3-4H2,1-2H3,(H,12,13). The number of fused-ring (bicyclic) bond motifs is 2. The molecule has 0 fully saturated rings. The molecular formula is C10H12N4O. The molecule has 0 unspecified atom stereocenters. The van der Waals surface area contributed by atoms with E-state index in [0.717, 1.165) is 35.7 Å². The zero-order valence-electron chi connectivity index (χ0n) is 8.72. The van der Waals surface area contributed by atoms with Crippen LogP contribution in [-0.2, 0) is 6.54 Å². The SMILES string of the molecule is Cc1oc2nc3n(c(=N)c2c1C)CCN3. The molecule has 2 aromatic rings. The van der Waals surface area contributed by atoms with E-state index < -0.39 is 0 Å². The predicted molar refractivity (Wildman–Crippen MR) is 55.8 cm³/mol. The van der Waals surface area contributed by atoms with Crippen LogP contribution in [0.1, 0.15) is 11.3 Å². The van der Waals surface area contributed by atoms with Crippen molar-refractivity contribution in [3.05, 3.63) is 16.8 Å². The molecular weight excluding hydrogens is 192 g/mol. The second-order valence-corrected chi connectivity index (χ2v) is 3.83. The van der Waals surface area contributed by atoms with E-state index in [-0.39, 0.29) is 0 Å². The van der Waals surface area contributed by atoms with Gasteiger partial charge in [0.05, 0.1) is 5.39 Å². The fourth-order valence-electron chi connectivity index (χ4n) is 2.00. The molecule has 78 valence electrons. The summed E-state index contributed by atoms with van der Waals surface area (Å²) in [6.07, 6.45) is 0. The zero-order valence-corrected chi connectivity index (χ0v) is 8.72. The summed E-state index contributed by atoms with van der Waals surface area (Å²) in [6.45, 7) is 5.51. The van der Waals surface area contributed by atoms with Crippen molar-refractivity contribution in [1.82, 2.24) is 9.55 Å². The van der Waals surface area contributed by atoms with Crippen LogP contribution in [0.15, 0.2) is 4.42 Å². The maximum Gasteiger partial charge on any atom is 0.233 e. The van der Waals surface area contributed by atoms with Crippen molar-refractivity contribution in [3.63, 3.8) is 0 Å². The molecule has 3 heterocycles. The van der Waals surface area contributed by atoms with E-state index in [9.17, 15) is 0 Å². The number of nitrogens with zero attached hydrogens (tertiary/aromatic N) is 2. The van der Waals surface area contributed by atoms with E-state index in [0.29, 0.717) is 11.2 Å². The van der Waals surface area contributed by atoms with Crippen LogP contribution >= 0.6 is 0 Å². The minimum Gasteiger partial charge on any atom is -0.443 e. The number of hydrogen-bond acceptors (Lipinski definition) is 4. The lowest BCUT2D eigenvalue weighted by Gasteiger charge is -2.01. The number of hydrogen-bond donors (Lipinski definition) is 2. The van der Waals surface area contributed by atoms with Crippen molar-refractivity contribution in [2.45, 2.75) is 20.4 Å². The van der Waals surface area contributed by atoms with E-state index in [4.69, 9.17) is 9.83 Å². The lowest BCUT2D eigenvalue weighted by molar-refractivity contribution is 0.562. The molecule has 1 aliphatic heterocycles. The molecule has 2 N–H and O–H groups in total. The monoisotopic (exact) mass is 204 g/mol. The van der Waals surface area contributed by atoms with Crippen molar-refractivity contribution >= 4 is 17.0 Å². The minimum atomic E-state index is 0.495. The molecule has 0 radical (unpaired) electrons. The molecule has 0 bridgehead atoms. The summed E-state index contributed by atoms with van der Waals surface area (Å²) in [5.41, 5.74) is 2.08. The van der Waals surface area contributed by atoms with Crippen molar-refractivity contribution < 1.29 is 4.42 Å². The van der Waals surface area contributed by atoms with Gasteiger partial charge in [-0.1, -0.05) is 0 Å². The van der Waals surface area contributed by atoms with Gasteiger partial charge in [-0.3, -0.25) is 9.98 Å². The fraction of sp³-hybridized carbons (Fsp3) is 0.400. The number of anilines is 1. The normalized spacial score (nSPS) is 14.3. The Hall–Kier alpha value is -1.78. The van der Waals surface area contributed by atoms with Crippen molar-refractivity contribution in [3.8, 4) is 0 Å². The third-order valence-corrected chi connectivity index (χ3v) is 2.96. The van der Waals surface area contributed by atoms with Crippen molar-refractivity contribution in [1.29, 1.82) is 5.41 Å². The number of nitrogens with one attached hydrogen (secondary N) is 2. The number of furan rings is 1. The number of rotatable bonds is 0. The van der Waals surface area contributed by atoms with Gasteiger partial charge in [0.1, 0.15) is 11.2 Å². The van der Waals surface area contributed by atoms with Gasteiger partial charge in [-0.05, 0) is 13.8 Å². The van der Waals surface area contributed by atoms with Gasteiger partial charge < -0.3 is 9.73 Å². The van der Waals surface area contributed by atoms with Gasteiger partial charge in [0.15, 0.2) is 0 Å². The van der Waals surface area contributed by atoms with Gasteiger partial charge in [-0.25, -0.2) is 0 Å². The maximum atomic E-state index is 8.10. The lowest BCUT2D eigenvalue weighted by atomic mass is 10.2. The molecule has 0 amide bonds. The molecule has 0 aliphatic carbocycles. The first kappa shape index (κ1) is 8.52. The molecule has 0 atom stereocenters. The molecule has 0 saturated heterocycles. The summed E-state index contributed by atoms with van der Waals surface area (Å²) >= 11 is 0. The molecule has 5 nitrogen and oxygen atoms in total. The molecule has 5 heteroatoms. The average Bonchev–Trinajstić information content (AvgIpc) is 2.74. The topological polar surface area (TPSA) is 66.8 Å².